The molecular formula is C14H14F2N2O2. The van der Waals surface area contributed by atoms with Crippen molar-refractivity contribution in [1.29, 1.82) is 0 Å². The molecule has 2 aliphatic rings. The number of hydrogen-bond donors (Lipinski definition) is 1. The molecule has 2 atom stereocenters. The molecule has 1 aromatic rings. The molecule has 0 radical (unpaired) electrons. The molecule has 0 unspecified atom stereocenters. The fraction of sp³-hybridized carbons (Fsp3) is 0.429. The van der Waals surface area contributed by atoms with Gasteiger partial charge in [0, 0.05) is 19.0 Å². The average Bonchev–Trinajstić information content (AvgIpc) is 2.67. The molecule has 6 heteroatoms. The Labute approximate surface area is 114 Å². The average molecular weight is 280 g/mol. The number of amides is 2. The molecule has 2 heterocycles. The Morgan fingerprint density at radius 1 is 1.15 bits per heavy atom. The van der Waals surface area contributed by atoms with Crippen molar-refractivity contribution in [2.45, 2.75) is 18.9 Å². The van der Waals surface area contributed by atoms with Gasteiger partial charge >= 0.3 is 0 Å². The zero-order chi connectivity index (χ0) is 14.5. The van der Waals surface area contributed by atoms with E-state index in [1.54, 1.807) is 12.1 Å². The molecule has 0 bridgehead atoms. The van der Waals surface area contributed by atoms with Crippen LogP contribution in [0.4, 0.5) is 8.78 Å². The van der Waals surface area contributed by atoms with Crippen LogP contribution in [0.1, 0.15) is 27.6 Å². The third-order valence-electron chi connectivity index (χ3n) is 4.03. The van der Waals surface area contributed by atoms with Gasteiger partial charge in [0.05, 0.1) is 11.1 Å². The van der Waals surface area contributed by atoms with Crippen LogP contribution in [0.3, 0.4) is 0 Å². The smallest absolute Gasteiger partial charge is 0.273 e. The van der Waals surface area contributed by atoms with Crippen LogP contribution in [-0.4, -0.2) is 41.8 Å². The van der Waals surface area contributed by atoms with Crippen molar-refractivity contribution in [3.63, 3.8) is 0 Å². The molecule has 106 valence electrons. The Bertz CT molecular complexity index is 553. The summed E-state index contributed by atoms with van der Waals surface area (Å²) in [6.45, 7) is 1.51. The van der Waals surface area contributed by atoms with E-state index in [4.69, 9.17) is 0 Å². The minimum absolute atomic E-state index is 0.0805. The van der Waals surface area contributed by atoms with Crippen molar-refractivity contribution in [2.75, 3.05) is 13.1 Å². The number of nitrogens with one attached hydrogen (secondary N) is 1. The first-order chi connectivity index (χ1) is 9.44. The van der Waals surface area contributed by atoms with Gasteiger partial charge in [-0.1, -0.05) is 19.1 Å². The third kappa shape index (κ3) is 1.67. The van der Waals surface area contributed by atoms with Gasteiger partial charge in [-0.25, -0.2) is 8.78 Å². The van der Waals surface area contributed by atoms with E-state index in [0.717, 1.165) is 0 Å². The van der Waals surface area contributed by atoms with Crippen molar-refractivity contribution in [3.05, 3.63) is 35.4 Å². The van der Waals surface area contributed by atoms with Gasteiger partial charge in [0.2, 0.25) is 0 Å². The Hall–Kier alpha value is -1.82. The number of carbonyl (C=O) groups is 2. The highest BCUT2D eigenvalue weighted by Gasteiger charge is 2.55. The van der Waals surface area contributed by atoms with Crippen molar-refractivity contribution >= 4 is 11.8 Å². The summed E-state index contributed by atoms with van der Waals surface area (Å²) in [4.78, 5) is 25.2. The largest absolute Gasteiger partial charge is 0.314 e. The molecule has 0 aromatic heterocycles. The van der Waals surface area contributed by atoms with Gasteiger partial charge in [-0.2, -0.15) is 0 Å². The van der Waals surface area contributed by atoms with Crippen molar-refractivity contribution in [1.82, 2.24) is 10.2 Å². The van der Waals surface area contributed by atoms with Crippen LogP contribution in [0, 0.1) is 5.92 Å². The number of imide groups is 1. The Morgan fingerprint density at radius 3 is 2.25 bits per heavy atom. The topological polar surface area (TPSA) is 49.4 Å². The Morgan fingerprint density at radius 2 is 1.70 bits per heavy atom. The summed E-state index contributed by atoms with van der Waals surface area (Å²) in [6, 6.07) is 4.79. The molecule has 1 fully saturated rings. The quantitative estimate of drug-likeness (QED) is 0.794. The molecule has 2 amide bonds. The minimum atomic E-state index is -3.08. The second kappa shape index (κ2) is 4.34. The molecule has 20 heavy (non-hydrogen) atoms. The Kier molecular flexibility index (Phi) is 2.86. The Balaban J connectivity index is 2.00. The first kappa shape index (κ1) is 13.2. The predicted octanol–water partition coefficient (Wildman–Crippen LogP) is 1.53. The van der Waals surface area contributed by atoms with Gasteiger partial charge in [-0.3, -0.25) is 14.5 Å². The van der Waals surface area contributed by atoms with E-state index in [1.807, 2.05) is 0 Å². The van der Waals surface area contributed by atoms with Crippen molar-refractivity contribution in [3.8, 4) is 0 Å². The van der Waals surface area contributed by atoms with E-state index >= 15 is 0 Å². The fourth-order valence-electron chi connectivity index (χ4n) is 2.79. The lowest BCUT2D eigenvalue weighted by Gasteiger charge is -2.40. The second-order valence-corrected chi connectivity index (χ2v) is 5.28. The van der Waals surface area contributed by atoms with Crippen LogP contribution in [0.5, 0.6) is 0 Å². The highest BCUT2D eigenvalue weighted by molar-refractivity contribution is 6.21. The van der Waals surface area contributed by atoms with Gasteiger partial charge in [0.1, 0.15) is 6.04 Å². The van der Waals surface area contributed by atoms with Crippen molar-refractivity contribution in [2.24, 2.45) is 5.92 Å². The second-order valence-electron chi connectivity index (χ2n) is 5.28. The van der Waals surface area contributed by atoms with Crippen LogP contribution >= 0.6 is 0 Å². The number of nitrogens with zero attached hydrogens (tertiary/aromatic N) is 1. The molecule has 3 rings (SSSR count). The minimum Gasteiger partial charge on any atom is -0.314 e. The lowest BCUT2D eigenvalue weighted by molar-refractivity contribution is -0.117. The standard InChI is InChI=1S/C14H14F2N2O2/c1-8-6-17-7-11(14(8,15)16)18-12(19)9-4-2-3-5-10(9)13(18)20/h2-5,8,11,17H,6-7H2,1H3/t8-,11+/m1/s1. The van der Waals surface area contributed by atoms with Crippen LogP contribution in [0.2, 0.25) is 0 Å². The maximum atomic E-state index is 14.3. The normalized spacial score (nSPS) is 28.6. The van der Waals surface area contributed by atoms with Crippen LogP contribution < -0.4 is 5.32 Å². The highest BCUT2D eigenvalue weighted by Crippen LogP contribution is 2.37. The number of carbonyl (C=O) groups excluding carboxylic acids is 2. The van der Waals surface area contributed by atoms with Crippen LogP contribution in [0.15, 0.2) is 24.3 Å². The SMILES string of the molecule is C[C@@H]1CNC[C@H](N2C(=O)c3ccccc3C2=O)C1(F)F. The number of halogens is 2. The van der Waals surface area contributed by atoms with E-state index in [9.17, 15) is 18.4 Å². The van der Waals surface area contributed by atoms with Crippen LogP contribution in [-0.2, 0) is 0 Å². The van der Waals surface area contributed by atoms with Gasteiger partial charge in [0.15, 0.2) is 0 Å². The molecule has 0 aliphatic carbocycles. The number of alkyl halides is 2. The van der Waals surface area contributed by atoms with E-state index in [0.29, 0.717) is 4.90 Å². The molecule has 0 saturated carbocycles. The molecular weight excluding hydrogens is 266 g/mol. The van der Waals surface area contributed by atoms with E-state index in [1.165, 1.54) is 19.1 Å². The summed E-state index contributed by atoms with van der Waals surface area (Å²) < 4.78 is 28.6. The number of rotatable bonds is 1. The predicted molar refractivity (Wildman–Crippen MR) is 67.7 cm³/mol. The van der Waals surface area contributed by atoms with E-state index in [-0.39, 0.29) is 24.2 Å². The maximum Gasteiger partial charge on any atom is 0.273 e. The van der Waals surface area contributed by atoms with Gasteiger partial charge < -0.3 is 5.32 Å². The van der Waals surface area contributed by atoms with Gasteiger partial charge in [0.25, 0.3) is 17.7 Å². The zero-order valence-electron chi connectivity index (χ0n) is 10.9. The number of piperidine rings is 1. The summed E-state index contributed by atoms with van der Waals surface area (Å²) in [5, 5.41) is 2.86. The summed E-state index contributed by atoms with van der Waals surface area (Å²) in [5.74, 6) is -5.28. The zero-order valence-corrected chi connectivity index (χ0v) is 10.9. The maximum absolute atomic E-state index is 14.3. The summed E-state index contributed by atoms with van der Waals surface area (Å²) in [6.07, 6.45) is 0. The fourth-order valence-corrected chi connectivity index (χ4v) is 2.79. The molecule has 2 aliphatic heterocycles. The lowest BCUT2D eigenvalue weighted by atomic mass is 9.91. The molecule has 1 N–H and O–H groups in total. The van der Waals surface area contributed by atoms with E-state index in [2.05, 4.69) is 5.32 Å². The lowest BCUT2D eigenvalue weighted by Crippen LogP contribution is -2.62. The first-order valence-corrected chi connectivity index (χ1v) is 6.50. The summed E-state index contributed by atoms with van der Waals surface area (Å²) >= 11 is 0. The van der Waals surface area contributed by atoms with Crippen LogP contribution in [0.25, 0.3) is 0 Å². The number of hydrogen-bond acceptors (Lipinski definition) is 3. The van der Waals surface area contributed by atoms with E-state index < -0.39 is 29.7 Å². The first-order valence-electron chi connectivity index (χ1n) is 6.50. The summed E-state index contributed by atoms with van der Waals surface area (Å²) in [5.41, 5.74) is 0.401. The highest BCUT2D eigenvalue weighted by atomic mass is 19.3. The van der Waals surface area contributed by atoms with Gasteiger partial charge in [-0.15, -0.1) is 0 Å². The third-order valence-corrected chi connectivity index (χ3v) is 4.03. The molecule has 1 saturated heterocycles. The monoisotopic (exact) mass is 280 g/mol. The molecule has 1 aromatic carbocycles. The number of benzene rings is 1. The van der Waals surface area contributed by atoms with Gasteiger partial charge in [-0.05, 0) is 12.1 Å². The summed E-state index contributed by atoms with van der Waals surface area (Å²) in [7, 11) is 0. The number of fused-ring (bicyclic) bond motifs is 1. The molecule has 4 nitrogen and oxygen atoms in total. The van der Waals surface area contributed by atoms with Crippen molar-refractivity contribution < 1.29 is 18.4 Å². The molecule has 0 spiro atoms.